The van der Waals surface area contributed by atoms with E-state index in [1.807, 2.05) is 71.1 Å². The van der Waals surface area contributed by atoms with Crippen molar-refractivity contribution in [3.8, 4) is 11.5 Å². The fourth-order valence-corrected chi connectivity index (χ4v) is 5.54. The van der Waals surface area contributed by atoms with E-state index in [0.29, 0.717) is 23.8 Å². The number of rotatable bonds is 6. The molecule has 1 amide bonds. The number of imidazole rings is 1. The number of aryl methyl sites for hydroxylation is 1. The van der Waals surface area contributed by atoms with Gasteiger partial charge in [0.2, 0.25) is 5.91 Å². The van der Waals surface area contributed by atoms with Gasteiger partial charge in [0.15, 0.2) is 16.7 Å². The molecule has 0 aliphatic carbocycles. The number of aromatic nitrogens is 2. The molecule has 174 valence electrons. The number of amides is 1. The number of hydrogen-bond acceptors (Lipinski definition) is 5. The van der Waals surface area contributed by atoms with E-state index >= 15 is 0 Å². The molecule has 5 rings (SSSR count). The molecule has 0 N–H and O–H groups in total. The SMILES string of the molecule is COc1cc2c(cc1OC)C(c1ccccc1)N(C(=O)CSc1nc3ccccc3n1C)CC2. The quantitative estimate of drug-likeness (QED) is 0.375. The maximum Gasteiger partial charge on any atom is 0.233 e. The molecule has 7 heteroatoms. The van der Waals surface area contributed by atoms with Crippen molar-refractivity contribution in [2.45, 2.75) is 17.6 Å². The van der Waals surface area contributed by atoms with Gasteiger partial charge in [-0.1, -0.05) is 54.2 Å². The van der Waals surface area contributed by atoms with Crippen LogP contribution >= 0.6 is 11.8 Å². The van der Waals surface area contributed by atoms with Crippen LogP contribution in [0.15, 0.2) is 71.9 Å². The van der Waals surface area contributed by atoms with Gasteiger partial charge in [-0.25, -0.2) is 4.98 Å². The van der Waals surface area contributed by atoms with E-state index in [1.54, 1.807) is 14.2 Å². The summed E-state index contributed by atoms with van der Waals surface area (Å²) in [7, 11) is 5.28. The Balaban J connectivity index is 1.46. The van der Waals surface area contributed by atoms with Crippen molar-refractivity contribution in [3.05, 3.63) is 83.4 Å². The smallest absolute Gasteiger partial charge is 0.233 e. The zero-order chi connectivity index (χ0) is 23.7. The minimum absolute atomic E-state index is 0.0892. The predicted octanol–water partition coefficient (Wildman–Crippen LogP) is 4.86. The Morgan fingerprint density at radius 3 is 2.47 bits per heavy atom. The van der Waals surface area contributed by atoms with Gasteiger partial charge in [-0.05, 0) is 47.4 Å². The Bertz CT molecular complexity index is 1340. The lowest BCUT2D eigenvalue weighted by atomic mass is 9.87. The molecular formula is C27H27N3O3S. The van der Waals surface area contributed by atoms with Crippen molar-refractivity contribution in [2.75, 3.05) is 26.5 Å². The molecule has 34 heavy (non-hydrogen) atoms. The molecule has 1 aliphatic rings. The highest BCUT2D eigenvalue weighted by Crippen LogP contribution is 2.41. The van der Waals surface area contributed by atoms with Gasteiger partial charge in [0.1, 0.15) is 0 Å². The fourth-order valence-electron chi connectivity index (χ4n) is 4.67. The van der Waals surface area contributed by atoms with Gasteiger partial charge in [0, 0.05) is 13.6 Å². The first kappa shape index (κ1) is 22.3. The highest BCUT2D eigenvalue weighted by molar-refractivity contribution is 7.99. The standard InChI is InChI=1S/C27H27N3O3S/c1-29-22-12-8-7-11-21(22)28-27(29)34-17-25(31)30-14-13-19-15-23(32-2)24(33-3)16-20(19)26(30)18-9-5-4-6-10-18/h4-12,15-16,26H,13-14,17H2,1-3H3. The number of carbonyl (C=O) groups excluding carboxylic acids is 1. The third kappa shape index (κ3) is 4.01. The Kier molecular flexibility index (Phi) is 6.20. The molecule has 0 radical (unpaired) electrons. The lowest BCUT2D eigenvalue weighted by Gasteiger charge is -2.38. The van der Waals surface area contributed by atoms with Crippen molar-refractivity contribution in [3.63, 3.8) is 0 Å². The third-order valence-corrected chi connectivity index (χ3v) is 7.39. The Morgan fingerprint density at radius 1 is 1.03 bits per heavy atom. The number of para-hydroxylation sites is 2. The Hall–Kier alpha value is -3.45. The molecule has 6 nitrogen and oxygen atoms in total. The molecule has 2 heterocycles. The zero-order valence-corrected chi connectivity index (χ0v) is 20.3. The molecule has 1 aliphatic heterocycles. The van der Waals surface area contributed by atoms with Gasteiger partial charge < -0.3 is 18.9 Å². The number of ether oxygens (including phenoxy) is 2. The Morgan fingerprint density at radius 2 is 1.74 bits per heavy atom. The van der Waals surface area contributed by atoms with E-state index in [1.165, 1.54) is 17.3 Å². The molecule has 1 aromatic heterocycles. The van der Waals surface area contributed by atoms with Gasteiger partial charge in [-0.2, -0.15) is 0 Å². The van der Waals surface area contributed by atoms with E-state index < -0.39 is 0 Å². The molecule has 3 aromatic carbocycles. The predicted molar refractivity (Wildman–Crippen MR) is 135 cm³/mol. The zero-order valence-electron chi connectivity index (χ0n) is 19.5. The summed E-state index contributed by atoms with van der Waals surface area (Å²) in [4.78, 5) is 20.3. The van der Waals surface area contributed by atoms with Crippen LogP contribution in [0.1, 0.15) is 22.7 Å². The highest BCUT2D eigenvalue weighted by atomic mass is 32.2. The highest BCUT2D eigenvalue weighted by Gasteiger charge is 2.33. The minimum Gasteiger partial charge on any atom is -0.493 e. The normalized spacial score (nSPS) is 15.3. The van der Waals surface area contributed by atoms with Crippen LogP contribution in [0.25, 0.3) is 11.0 Å². The monoisotopic (exact) mass is 473 g/mol. The average molecular weight is 474 g/mol. The number of hydrogen-bond donors (Lipinski definition) is 0. The fraction of sp³-hybridized carbons (Fsp3) is 0.259. The summed E-state index contributed by atoms with van der Waals surface area (Å²) < 4.78 is 13.2. The lowest BCUT2D eigenvalue weighted by molar-refractivity contribution is -0.130. The summed E-state index contributed by atoms with van der Waals surface area (Å²) in [5.41, 5.74) is 5.34. The maximum atomic E-state index is 13.6. The van der Waals surface area contributed by atoms with Crippen LogP contribution in [-0.4, -0.2) is 46.9 Å². The van der Waals surface area contributed by atoms with E-state index in [9.17, 15) is 4.79 Å². The molecule has 0 fully saturated rings. The maximum absolute atomic E-state index is 13.6. The van der Waals surface area contributed by atoms with Gasteiger partial charge in [-0.3, -0.25) is 4.79 Å². The summed E-state index contributed by atoms with van der Waals surface area (Å²) in [6.45, 7) is 0.643. The number of carbonyl (C=O) groups is 1. The van der Waals surface area contributed by atoms with Crippen molar-refractivity contribution in [2.24, 2.45) is 7.05 Å². The summed E-state index contributed by atoms with van der Waals surface area (Å²) in [6, 6.07) is 22.1. The molecule has 4 aromatic rings. The number of nitrogens with zero attached hydrogens (tertiary/aromatic N) is 3. The van der Waals surface area contributed by atoms with Crippen LogP contribution in [0.5, 0.6) is 11.5 Å². The summed E-state index contributed by atoms with van der Waals surface area (Å²) in [5.74, 6) is 1.80. The topological polar surface area (TPSA) is 56.6 Å². The van der Waals surface area contributed by atoms with Crippen molar-refractivity contribution >= 4 is 28.7 Å². The van der Waals surface area contributed by atoms with Gasteiger partial charge in [-0.15, -0.1) is 0 Å². The molecule has 1 unspecified atom stereocenters. The molecule has 0 saturated heterocycles. The minimum atomic E-state index is -0.182. The third-order valence-electron chi connectivity index (χ3n) is 6.38. The molecule has 0 saturated carbocycles. The second kappa shape index (κ2) is 9.43. The van der Waals surface area contributed by atoms with Crippen molar-refractivity contribution in [1.82, 2.24) is 14.5 Å². The van der Waals surface area contributed by atoms with Gasteiger partial charge >= 0.3 is 0 Å². The summed E-state index contributed by atoms with van der Waals surface area (Å²) >= 11 is 1.48. The van der Waals surface area contributed by atoms with E-state index in [4.69, 9.17) is 14.5 Å². The first-order valence-corrected chi connectivity index (χ1v) is 12.2. The van der Waals surface area contributed by atoms with E-state index in [0.717, 1.165) is 33.7 Å². The van der Waals surface area contributed by atoms with E-state index in [2.05, 4.69) is 12.1 Å². The van der Waals surface area contributed by atoms with E-state index in [-0.39, 0.29) is 11.9 Å². The number of methoxy groups -OCH3 is 2. The van der Waals surface area contributed by atoms with Crippen LogP contribution in [0.2, 0.25) is 0 Å². The second-order valence-electron chi connectivity index (χ2n) is 8.29. The lowest BCUT2D eigenvalue weighted by Crippen LogP contribution is -2.41. The van der Waals surface area contributed by atoms with Gasteiger partial charge in [0.05, 0.1) is 37.0 Å². The van der Waals surface area contributed by atoms with Crippen LogP contribution in [0.4, 0.5) is 0 Å². The number of benzene rings is 3. The van der Waals surface area contributed by atoms with Crippen LogP contribution < -0.4 is 9.47 Å². The summed E-state index contributed by atoms with van der Waals surface area (Å²) in [5, 5.41) is 0.842. The second-order valence-corrected chi connectivity index (χ2v) is 9.23. The molecular weight excluding hydrogens is 446 g/mol. The van der Waals surface area contributed by atoms with Crippen molar-refractivity contribution < 1.29 is 14.3 Å². The van der Waals surface area contributed by atoms with Gasteiger partial charge in [0.25, 0.3) is 0 Å². The molecule has 1 atom stereocenters. The largest absolute Gasteiger partial charge is 0.493 e. The molecule has 0 spiro atoms. The Labute approximate surface area is 203 Å². The van der Waals surface area contributed by atoms with Crippen molar-refractivity contribution in [1.29, 1.82) is 0 Å². The van der Waals surface area contributed by atoms with Crippen LogP contribution in [0.3, 0.4) is 0 Å². The first-order chi connectivity index (χ1) is 16.6. The number of fused-ring (bicyclic) bond motifs is 2. The van der Waals surface area contributed by atoms with Crippen LogP contribution in [0, 0.1) is 0 Å². The summed E-state index contributed by atoms with van der Waals surface area (Å²) in [6.07, 6.45) is 0.766. The first-order valence-electron chi connectivity index (χ1n) is 11.2. The molecule has 0 bridgehead atoms. The van der Waals surface area contributed by atoms with Crippen LogP contribution in [-0.2, 0) is 18.3 Å². The average Bonchev–Trinajstić information content (AvgIpc) is 3.21. The number of thioether (sulfide) groups is 1.